The number of amides is 2. The van der Waals surface area contributed by atoms with Crippen LogP contribution in [0.5, 0.6) is 0 Å². The third kappa shape index (κ3) is 3.37. The van der Waals surface area contributed by atoms with Gasteiger partial charge in [-0.3, -0.25) is 14.4 Å². The topological polar surface area (TPSA) is 66.9 Å². The molecular formula is C14H22N2O4. The van der Waals surface area contributed by atoms with Crippen molar-refractivity contribution in [3.63, 3.8) is 0 Å². The van der Waals surface area contributed by atoms with Crippen molar-refractivity contribution in [1.29, 1.82) is 0 Å². The molecule has 2 amide bonds. The zero-order valence-electron chi connectivity index (χ0n) is 12.3. The van der Waals surface area contributed by atoms with Gasteiger partial charge in [0.25, 0.3) is 0 Å². The van der Waals surface area contributed by atoms with Crippen molar-refractivity contribution in [2.24, 2.45) is 5.41 Å². The highest BCUT2D eigenvalue weighted by Gasteiger charge is 2.43. The van der Waals surface area contributed by atoms with Crippen LogP contribution in [-0.4, -0.2) is 60.9 Å². The van der Waals surface area contributed by atoms with E-state index >= 15 is 0 Å². The normalized spacial score (nSPS) is 21.4. The summed E-state index contributed by atoms with van der Waals surface area (Å²) in [5.74, 6) is -0.729. The van der Waals surface area contributed by atoms with E-state index in [-0.39, 0.29) is 24.3 Å². The van der Waals surface area contributed by atoms with Crippen molar-refractivity contribution in [1.82, 2.24) is 9.80 Å². The minimum Gasteiger partial charge on any atom is -0.469 e. The van der Waals surface area contributed by atoms with Crippen LogP contribution < -0.4 is 0 Å². The number of likely N-dealkylation sites (N-methyl/N-ethyl adjacent to an activating group) is 1. The minimum atomic E-state index is -0.649. The van der Waals surface area contributed by atoms with Crippen molar-refractivity contribution in [3.8, 4) is 0 Å². The molecule has 0 aliphatic carbocycles. The predicted molar refractivity (Wildman–Crippen MR) is 73.8 cm³/mol. The fourth-order valence-electron chi connectivity index (χ4n) is 2.32. The van der Waals surface area contributed by atoms with E-state index in [0.29, 0.717) is 26.1 Å². The Morgan fingerprint density at radius 3 is 2.60 bits per heavy atom. The van der Waals surface area contributed by atoms with Crippen molar-refractivity contribution < 1.29 is 19.1 Å². The van der Waals surface area contributed by atoms with Gasteiger partial charge in [-0.05, 0) is 26.3 Å². The van der Waals surface area contributed by atoms with Gasteiger partial charge >= 0.3 is 5.97 Å². The number of carbonyl (C=O) groups excluding carboxylic acids is 3. The Bertz CT molecular complexity index is 421. The Morgan fingerprint density at radius 2 is 2.10 bits per heavy atom. The van der Waals surface area contributed by atoms with E-state index in [1.54, 1.807) is 18.7 Å². The Morgan fingerprint density at radius 1 is 1.45 bits per heavy atom. The maximum atomic E-state index is 12.2. The number of rotatable bonds is 5. The summed E-state index contributed by atoms with van der Waals surface area (Å²) >= 11 is 0. The minimum absolute atomic E-state index is 0.0125. The maximum Gasteiger partial charge on any atom is 0.313 e. The lowest BCUT2D eigenvalue weighted by Gasteiger charge is -2.24. The van der Waals surface area contributed by atoms with Crippen LogP contribution in [0.1, 0.15) is 20.3 Å². The Labute approximate surface area is 119 Å². The molecule has 1 unspecified atom stereocenters. The second-order valence-corrected chi connectivity index (χ2v) is 5.17. The van der Waals surface area contributed by atoms with Crippen molar-refractivity contribution in [2.45, 2.75) is 20.3 Å². The standard InChI is InChI=1S/C14H22N2O4/c1-5-11(17)15(6-2)9-12(18)16-8-7-14(3,10-16)13(19)20-4/h5H,1,6-10H2,2-4H3. The molecule has 6 heteroatoms. The number of carbonyl (C=O) groups is 3. The van der Waals surface area contributed by atoms with Gasteiger partial charge in [-0.15, -0.1) is 0 Å². The monoisotopic (exact) mass is 282 g/mol. The summed E-state index contributed by atoms with van der Waals surface area (Å²) in [6.45, 7) is 8.30. The Hall–Kier alpha value is -1.85. The molecule has 0 N–H and O–H groups in total. The molecule has 6 nitrogen and oxygen atoms in total. The average Bonchev–Trinajstić information content (AvgIpc) is 2.86. The van der Waals surface area contributed by atoms with E-state index in [1.165, 1.54) is 18.1 Å². The van der Waals surface area contributed by atoms with Gasteiger partial charge in [0.2, 0.25) is 11.8 Å². The molecule has 0 aromatic heterocycles. The van der Waals surface area contributed by atoms with Gasteiger partial charge in [0, 0.05) is 19.6 Å². The molecule has 0 saturated carbocycles. The van der Waals surface area contributed by atoms with E-state index in [1.807, 2.05) is 0 Å². The smallest absolute Gasteiger partial charge is 0.313 e. The fourth-order valence-corrected chi connectivity index (χ4v) is 2.32. The molecular weight excluding hydrogens is 260 g/mol. The molecule has 112 valence electrons. The molecule has 1 saturated heterocycles. The molecule has 1 heterocycles. The number of esters is 1. The first-order valence-corrected chi connectivity index (χ1v) is 6.65. The summed E-state index contributed by atoms with van der Waals surface area (Å²) in [5, 5.41) is 0. The SMILES string of the molecule is C=CC(=O)N(CC)CC(=O)N1CCC(C)(C(=O)OC)C1. The molecule has 1 rings (SSSR count). The Kier molecular flexibility index (Phi) is 5.30. The van der Waals surface area contributed by atoms with Crippen molar-refractivity contribution in [2.75, 3.05) is 33.3 Å². The van der Waals surface area contributed by atoms with Crippen LogP contribution in [0.3, 0.4) is 0 Å². The van der Waals surface area contributed by atoms with Crippen LogP contribution in [0.25, 0.3) is 0 Å². The summed E-state index contributed by atoms with van der Waals surface area (Å²) < 4.78 is 4.77. The highest BCUT2D eigenvalue weighted by atomic mass is 16.5. The number of methoxy groups -OCH3 is 1. The highest BCUT2D eigenvalue weighted by molar-refractivity contribution is 5.91. The van der Waals surface area contributed by atoms with Gasteiger partial charge < -0.3 is 14.5 Å². The quantitative estimate of drug-likeness (QED) is 0.542. The highest BCUT2D eigenvalue weighted by Crippen LogP contribution is 2.31. The van der Waals surface area contributed by atoms with E-state index < -0.39 is 5.41 Å². The van der Waals surface area contributed by atoms with E-state index in [0.717, 1.165) is 0 Å². The number of nitrogens with zero attached hydrogens (tertiary/aromatic N) is 2. The third-order valence-corrected chi connectivity index (χ3v) is 3.70. The lowest BCUT2D eigenvalue weighted by atomic mass is 9.90. The van der Waals surface area contributed by atoms with Gasteiger partial charge in [0.1, 0.15) is 0 Å². The zero-order chi connectivity index (χ0) is 15.3. The molecule has 0 radical (unpaired) electrons. The summed E-state index contributed by atoms with van der Waals surface area (Å²) in [6, 6.07) is 0. The van der Waals surface area contributed by atoms with Crippen LogP contribution >= 0.6 is 0 Å². The van der Waals surface area contributed by atoms with Gasteiger partial charge in [-0.25, -0.2) is 0 Å². The summed E-state index contributed by atoms with van der Waals surface area (Å²) in [5.41, 5.74) is -0.649. The first kappa shape index (κ1) is 16.2. The van der Waals surface area contributed by atoms with E-state index in [4.69, 9.17) is 4.74 Å². The first-order valence-electron chi connectivity index (χ1n) is 6.65. The van der Waals surface area contributed by atoms with Crippen molar-refractivity contribution in [3.05, 3.63) is 12.7 Å². The maximum absolute atomic E-state index is 12.2. The van der Waals surface area contributed by atoms with E-state index in [2.05, 4.69) is 6.58 Å². The number of hydrogen-bond donors (Lipinski definition) is 0. The summed E-state index contributed by atoms with van der Waals surface area (Å²) in [7, 11) is 1.35. The number of likely N-dealkylation sites (tertiary alicyclic amines) is 1. The van der Waals surface area contributed by atoms with Gasteiger partial charge in [-0.2, -0.15) is 0 Å². The lowest BCUT2D eigenvalue weighted by Crippen LogP contribution is -2.43. The van der Waals surface area contributed by atoms with Gasteiger partial charge in [-0.1, -0.05) is 6.58 Å². The molecule has 1 aliphatic heterocycles. The van der Waals surface area contributed by atoms with Crippen molar-refractivity contribution >= 4 is 17.8 Å². The molecule has 1 fully saturated rings. The zero-order valence-corrected chi connectivity index (χ0v) is 12.3. The molecule has 1 aliphatic rings. The molecule has 0 aromatic carbocycles. The Balaban J connectivity index is 2.64. The molecule has 0 aromatic rings. The summed E-state index contributed by atoms with van der Waals surface area (Å²) in [6.07, 6.45) is 1.77. The molecule has 20 heavy (non-hydrogen) atoms. The van der Waals surface area contributed by atoms with Crippen LogP contribution in [0.4, 0.5) is 0 Å². The average molecular weight is 282 g/mol. The van der Waals surface area contributed by atoms with Crippen LogP contribution in [0.15, 0.2) is 12.7 Å². The first-order chi connectivity index (χ1) is 9.37. The molecule has 1 atom stereocenters. The molecule has 0 spiro atoms. The van der Waals surface area contributed by atoms with Crippen LogP contribution in [0.2, 0.25) is 0 Å². The molecule has 0 bridgehead atoms. The van der Waals surface area contributed by atoms with Gasteiger partial charge in [0.05, 0.1) is 19.1 Å². The third-order valence-electron chi connectivity index (χ3n) is 3.70. The second-order valence-electron chi connectivity index (χ2n) is 5.17. The van der Waals surface area contributed by atoms with Crippen LogP contribution in [0, 0.1) is 5.41 Å². The number of hydrogen-bond acceptors (Lipinski definition) is 4. The fraction of sp³-hybridized carbons (Fsp3) is 0.643. The van der Waals surface area contributed by atoms with E-state index in [9.17, 15) is 14.4 Å². The second kappa shape index (κ2) is 6.54. The number of ether oxygens (including phenoxy) is 1. The van der Waals surface area contributed by atoms with Crippen LogP contribution in [-0.2, 0) is 19.1 Å². The largest absolute Gasteiger partial charge is 0.469 e. The lowest BCUT2D eigenvalue weighted by molar-refractivity contribution is -0.151. The van der Waals surface area contributed by atoms with Gasteiger partial charge in [0.15, 0.2) is 0 Å². The predicted octanol–water partition coefficient (Wildman–Crippen LogP) is 0.433. The summed E-state index contributed by atoms with van der Waals surface area (Å²) in [4.78, 5) is 38.4.